The number of pyridine rings is 1. The van der Waals surface area contributed by atoms with Gasteiger partial charge in [0.25, 0.3) is 0 Å². The molecule has 0 aliphatic heterocycles. The van der Waals surface area contributed by atoms with Gasteiger partial charge in [-0.15, -0.1) is 0 Å². The Morgan fingerprint density at radius 1 is 1.21 bits per heavy atom. The second kappa shape index (κ2) is 7.27. The maximum atomic E-state index is 6.05. The normalized spacial score (nSPS) is 16.7. The van der Waals surface area contributed by atoms with Crippen LogP contribution in [0.1, 0.15) is 38.5 Å². The van der Waals surface area contributed by atoms with E-state index >= 15 is 0 Å². The minimum atomic E-state index is 0.452. The maximum absolute atomic E-state index is 6.05. The fourth-order valence-corrected chi connectivity index (χ4v) is 2.95. The first-order valence-electron chi connectivity index (χ1n) is 6.54. The van der Waals surface area contributed by atoms with Gasteiger partial charge in [-0.1, -0.05) is 48.9 Å². The second-order valence-corrected chi connectivity index (χ2v) is 6.02. The van der Waals surface area contributed by atoms with Crippen LogP contribution in [0.2, 0.25) is 10.0 Å². The molecular formula is C13H17Cl2N3S. The van der Waals surface area contributed by atoms with Gasteiger partial charge in [-0.05, 0) is 31.1 Å². The molecule has 0 atom stereocenters. The van der Waals surface area contributed by atoms with Crippen LogP contribution in [-0.2, 0) is 0 Å². The van der Waals surface area contributed by atoms with Crippen LogP contribution in [-0.4, -0.2) is 16.1 Å². The lowest BCUT2D eigenvalue weighted by Crippen LogP contribution is -2.37. The number of hydrogen-bond acceptors (Lipinski definition) is 2. The number of hydrogen-bond donors (Lipinski definition) is 2. The standard InChI is InChI=1S/C13H17Cl2N3S/c14-9-7-11(15)12(16-8-9)18-13(19)17-10-5-3-1-2-4-6-10/h7-8,10H,1-6H2,(H2,16,17,18,19). The SMILES string of the molecule is S=C(Nc1ncc(Cl)cc1Cl)NC1CCCCCC1. The summed E-state index contributed by atoms with van der Waals surface area (Å²) in [5.74, 6) is 0.539. The summed E-state index contributed by atoms with van der Waals surface area (Å²) in [5, 5.41) is 7.92. The lowest BCUT2D eigenvalue weighted by Gasteiger charge is -2.19. The number of rotatable bonds is 2. The highest BCUT2D eigenvalue weighted by atomic mass is 35.5. The van der Waals surface area contributed by atoms with Gasteiger partial charge in [0.2, 0.25) is 0 Å². The van der Waals surface area contributed by atoms with Crippen LogP contribution in [0.4, 0.5) is 5.82 Å². The Kier molecular flexibility index (Phi) is 5.67. The monoisotopic (exact) mass is 317 g/mol. The first kappa shape index (κ1) is 14.8. The zero-order valence-corrected chi connectivity index (χ0v) is 12.9. The molecule has 3 nitrogen and oxygen atoms in total. The third-order valence-corrected chi connectivity index (χ3v) is 3.94. The summed E-state index contributed by atoms with van der Waals surface area (Å²) in [7, 11) is 0. The largest absolute Gasteiger partial charge is 0.360 e. The molecule has 1 aromatic heterocycles. The number of anilines is 1. The second-order valence-electron chi connectivity index (χ2n) is 4.77. The molecule has 1 heterocycles. The summed E-state index contributed by atoms with van der Waals surface area (Å²) in [6, 6.07) is 2.10. The van der Waals surface area contributed by atoms with E-state index in [1.54, 1.807) is 12.3 Å². The van der Waals surface area contributed by atoms with E-state index in [1.807, 2.05) is 0 Å². The quantitative estimate of drug-likeness (QED) is 0.626. The summed E-state index contributed by atoms with van der Waals surface area (Å²) >= 11 is 17.1. The Labute approximate surface area is 129 Å². The number of halogens is 2. The van der Waals surface area contributed by atoms with E-state index in [1.165, 1.54) is 38.5 Å². The predicted molar refractivity (Wildman–Crippen MR) is 85.1 cm³/mol. The molecule has 1 fully saturated rings. The smallest absolute Gasteiger partial charge is 0.172 e. The van der Waals surface area contributed by atoms with Crippen molar-refractivity contribution in [1.82, 2.24) is 10.3 Å². The third kappa shape index (κ3) is 4.79. The predicted octanol–water partition coefficient (Wildman–Crippen LogP) is 4.40. The minimum absolute atomic E-state index is 0.452. The summed E-state index contributed by atoms with van der Waals surface area (Å²) in [4.78, 5) is 4.13. The summed E-state index contributed by atoms with van der Waals surface area (Å²) in [6.07, 6.45) is 9.06. The third-order valence-electron chi connectivity index (χ3n) is 3.23. The van der Waals surface area contributed by atoms with Crippen molar-refractivity contribution >= 4 is 46.4 Å². The average Bonchev–Trinajstić information content (AvgIpc) is 2.61. The molecule has 0 saturated heterocycles. The van der Waals surface area contributed by atoms with Crippen molar-refractivity contribution in [3.05, 3.63) is 22.3 Å². The minimum Gasteiger partial charge on any atom is -0.360 e. The van der Waals surface area contributed by atoms with Crippen molar-refractivity contribution in [3.63, 3.8) is 0 Å². The van der Waals surface area contributed by atoms with E-state index in [4.69, 9.17) is 35.4 Å². The lowest BCUT2D eigenvalue weighted by molar-refractivity contribution is 0.535. The molecule has 1 aromatic rings. The van der Waals surface area contributed by atoms with Crippen LogP contribution in [0.25, 0.3) is 0 Å². The van der Waals surface area contributed by atoms with Crippen molar-refractivity contribution in [1.29, 1.82) is 0 Å². The number of nitrogens with one attached hydrogen (secondary N) is 2. The first-order valence-corrected chi connectivity index (χ1v) is 7.70. The van der Waals surface area contributed by atoms with Crippen LogP contribution in [0.3, 0.4) is 0 Å². The Balaban J connectivity index is 1.89. The van der Waals surface area contributed by atoms with E-state index in [2.05, 4.69) is 15.6 Å². The molecule has 2 rings (SSSR count). The fraction of sp³-hybridized carbons (Fsp3) is 0.538. The van der Waals surface area contributed by atoms with Crippen LogP contribution in [0.5, 0.6) is 0 Å². The van der Waals surface area contributed by atoms with Crippen molar-refractivity contribution in [2.24, 2.45) is 0 Å². The van der Waals surface area contributed by atoms with Crippen molar-refractivity contribution in [2.75, 3.05) is 5.32 Å². The zero-order chi connectivity index (χ0) is 13.7. The average molecular weight is 318 g/mol. The number of nitrogens with zero attached hydrogens (tertiary/aromatic N) is 1. The molecule has 0 unspecified atom stereocenters. The Bertz CT molecular complexity index is 446. The highest BCUT2D eigenvalue weighted by Gasteiger charge is 2.13. The van der Waals surface area contributed by atoms with E-state index in [9.17, 15) is 0 Å². The van der Waals surface area contributed by atoms with Gasteiger partial charge in [0.1, 0.15) is 0 Å². The van der Waals surface area contributed by atoms with E-state index in [0.717, 1.165) is 0 Å². The molecule has 2 N–H and O–H groups in total. The molecule has 0 spiro atoms. The molecule has 0 radical (unpaired) electrons. The van der Waals surface area contributed by atoms with Crippen LogP contribution in [0.15, 0.2) is 12.3 Å². The van der Waals surface area contributed by atoms with E-state index in [-0.39, 0.29) is 0 Å². The van der Waals surface area contributed by atoms with Crippen molar-refractivity contribution in [2.45, 2.75) is 44.6 Å². The molecule has 6 heteroatoms. The molecule has 0 aromatic carbocycles. The Morgan fingerprint density at radius 3 is 2.53 bits per heavy atom. The number of aromatic nitrogens is 1. The molecule has 1 aliphatic rings. The van der Waals surface area contributed by atoms with Gasteiger partial charge in [-0.25, -0.2) is 4.98 Å². The maximum Gasteiger partial charge on any atom is 0.172 e. The summed E-state index contributed by atoms with van der Waals surface area (Å²) in [6.45, 7) is 0. The fourth-order valence-electron chi connectivity index (χ4n) is 2.26. The van der Waals surface area contributed by atoms with Crippen LogP contribution < -0.4 is 10.6 Å². The van der Waals surface area contributed by atoms with Gasteiger partial charge < -0.3 is 10.6 Å². The molecule has 0 amide bonds. The molecule has 1 saturated carbocycles. The zero-order valence-electron chi connectivity index (χ0n) is 10.6. The Morgan fingerprint density at radius 2 is 1.89 bits per heavy atom. The first-order chi connectivity index (χ1) is 9.15. The van der Waals surface area contributed by atoms with Crippen molar-refractivity contribution in [3.8, 4) is 0 Å². The summed E-state index contributed by atoms with van der Waals surface area (Å²) < 4.78 is 0. The van der Waals surface area contributed by atoms with E-state index < -0.39 is 0 Å². The van der Waals surface area contributed by atoms with Crippen LogP contribution in [0, 0.1) is 0 Å². The van der Waals surface area contributed by atoms with Gasteiger partial charge in [0.05, 0.1) is 10.0 Å². The molecule has 0 bridgehead atoms. The van der Waals surface area contributed by atoms with Crippen molar-refractivity contribution < 1.29 is 0 Å². The highest BCUT2D eigenvalue weighted by Crippen LogP contribution is 2.22. The lowest BCUT2D eigenvalue weighted by atomic mass is 10.1. The number of thiocarbonyl (C=S) groups is 1. The molecular weight excluding hydrogens is 301 g/mol. The molecule has 19 heavy (non-hydrogen) atoms. The Hall–Kier alpha value is -0.580. The highest BCUT2D eigenvalue weighted by molar-refractivity contribution is 7.80. The molecule has 104 valence electrons. The molecule has 1 aliphatic carbocycles. The van der Waals surface area contributed by atoms with Gasteiger partial charge in [0, 0.05) is 12.2 Å². The topological polar surface area (TPSA) is 37.0 Å². The van der Waals surface area contributed by atoms with E-state index in [0.29, 0.717) is 27.0 Å². The van der Waals surface area contributed by atoms with Gasteiger partial charge in [0.15, 0.2) is 10.9 Å². The van der Waals surface area contributed by atoms with Gasteiger partial charge in [-0.2, -0.15) is 0 Å². The van der Waals surface area contributed by atoms with Gasteiger partial charge >= 0.3 is 0 Å². The van der Waals surface area contributed by atoms with Crippen LogP contribution >= 0.6 is 35.4 Å². The summed E-state index contributed by atoms with van der Waals surface area (Å²) in [5.41, 5.74) is 0. The van der Waals surface area contributed by atoms with Gasteiger partial charge in [-0.3, -0.25) is 0 Å².